The van der Waals surface area contributed by atoms with Crippen LogP contribution in [-0.2, 0) is 0 Å². The van der Waals surface area contributed by atoms with Gasteiger partial charge in [0.05, 0.1) is 17.4 Å². The average Bonchev–Trinajstić information content (AvgIpc) is 2.28. The smallest absolute Gasteiger partial charge is 0.209 e. The van der Waals surface area contributed by atoms with Gasteiger partial charge in [0, 0.05) is 6.20 Å². The highest BCUT2D eigenvalue weighted by molar-refractivity contribution is 5.94. The van der Waals surface area contributed by atoms with Crippen molar-refractivity contribution < 1.29 is 0 Å². The van der Waals surface area contributed by atoms with E-state index in [0.29, 0.717) is 5.96 Å². The summed E-state index contributed by atoms with van der Waals surface area (Å²) in [6.07, 6.45) is 5.27. The van der Waals surface area contributed by atoms with Gasteiger partial charge in [-0.05, 0) is 31.4 Å². The minimum Gasteiger partial charge on any atom is -0.324 e. The number of aliphatic imine (C=N–C) groups is 1. The molecule has 0 aliphatic carbocycles. The molecule has 0 aromatic carbocycles. The van der Waals surface area contributed by atoms with Gasteiger partial charge in [-0.1, -0.05) is 20.8 Å². The monoisotopic (exact) mass is 259 g/mol. The Kier molecular flexibility index (Phi) is 4.49. The molecule has 0 unspecified atom stereocenters. The number of guanidine groups is 1. The molecule has 2 N–H and O–H groups in total. The van der Waals surface area contributed by atoms with Crippen molar-refractivity contribution in [2.75, 3.05) is 5.32 Å². The Hall–Kier alpha value is -2.09. The van der Waals surface area contributed by atoms with Gasteiger partial charge >= 0.3 is 0 Å². The van der Waals surface area contributed by atoms with Crippen LogP contribution in [0, 0.1) is 16.9 Å². The van der Waals surface area contributed by atoms with E-state index in [1.54, 1.807) is 12.4 Å². The molecule has 0 fully saturated rings. The van der Waals surface area contributed by atoms with E-state index in [1.165, 1.54) is 0 Å². The second kappa shape index (κ2) is 5.70. The number of anilines is 1. The zero-order valence-corrected chi connectivity index (χ0v) is 12.2. The van der Waals surface area contributed by atoms with E-state index >= 15 is 0 Å². The molecule has 0 spiro atoms. The van der Waals surface area contributed by atoms with E-state index in [1.807, 2.05) is 32.2 Å². The predicted octanol–water partition coefficient (Wildman–Crippen LogP) is 2.74. The van der Waals surface area contributed by atoms with Crippen molar-refractivity contribution in [3.63, 3.8) is 0 Å². The Morgan fingerprint density at radius 1 is 1.32 bits per heavy atom. The van der Waals surface area contributed by atoms with Crippen LogP contribution < -0.4 is 10.6 Å². The molecule has 1 aromatic rings. The van der Waals surface area contributed by atoms with Crippen molar-refractivity contribution in [3.05, 3.63) is 24.5 Å². The molecular weight excluding hydrogens is 238 g/mol. The molecule has 19 heavy (non-hydrogen) atoms. The van der Waals surface area contributed by atoms with Gasteiger partial charge < -0.3 is 5.32 Å². The van der Waals surface area contributed by atoms with Gasteiger partial charge in [-0.15, -0.1) is 0 Å². The van der Waals surface area contributed by atoms with E-state index in [2.05, 4.69) is 41.4 Å². The van der Waals surface area contributed by atoms with Crippen molar-refractivity contribution in [1.82, 2.24) is 10.3 Å². The quantitative estimate of drug-likeness (QED) is 0.371. The Balaban J connectivity index is 2.99. The van der Waals surface area contributed by atoms with Gasteiger partial charge in [0.15, 0.2) is 6.19 Å². The summed E-state index contributed by atoms with van der Waals surface area (Å²) in [7, 11) is 0. The van der Waals surface area contributed by atoms with Crippen LogP contribution in [0.1, 0.15) is 34.6 Å². The summed E-state index contributed by atoms with van der Waals surface area (Å²) >= 11 is 0. The Morgan fingerprint density at radius 3 is 2.47 bits per heavy atom. The fraction of sp³-hybridized carbons (Fsp3) is 0.500. The molecule has 1 rings (SSSR count). The molecule has 0 atom stereocenters. The third kappa shape index (κ3) is 4.25. The standard InChI is InChI=1S/C14H21N5/c1-13(2,3)14(4,5)19-12(17-10-15)18-11-7-6-8-16-9-11/h6-9H,1-5H3,(H2,17,18,19). The zero-order chi connectivity index (χ0) is 14.5. The normalized spacial score (nSPS) is 12.7. The number of nitrogens with zero attached hydrogens (tertiary/aromatic N) is 3. The number of rotatable bonds is 2. The SMILES string of the molecule is CC(C)(C)C(C)(C)N=C(NC#N)Nc1cccnc1. The maximum absolute atomic E-state index is 8.82. The van der Waals surface area contributed by atoms with Gasteiger partial charge in [0.1, 0.15) is 0 Å². The fourth-order valence-corrected chi connectivity index (χ4v) is 1.16. The second-order valence-electron chi connectivity index (χ2n) is 5.87. The highest BCUT2D eigenvalue weighted by Crippen LogP contribution is 2.33. The lowest BCUT2D eigenvalue weighted by Crippen LogP contribution is -2.39. The summed E-state index contributed by atoms with van der Waals surface area (Å²) in [5.74, 6) is 0.426. The molecule has 1 heterocycles. The van der Waals surface area contributed by atoms with Crippen molar-refractivity contribution in [1.29, 1.82) is 5.26 Å². The van der Waals surface area contributed by atoms with Crippen molar-refractivity contribution in [2.45, 2.75) is 40.2 Å². The first-order valence-electron chi connectivity index (χ1n) is 6.18. The molecule has 102 valence electrons. The lowest BCUT2D eigenvalue weighted by molar-refractivity contribution is 0.233. The van der Waals surface area contributed by atoms with Crippen LogP contribution in [0.3, 0.4) is 0 Å². The van der Waals surface area contributed by atoms with Crippen molar-refractivity contribution in [2.24, 2.45) is 10.4 Å². The third-order valence-electron chi connectivity index (χ3n) is 3.33. The maximum Gasteiger partial charge on any atom is 0.209 e. The number of aromatic nitrogens is 1. The zero-order valence-electron chi connectivity index (χ0n) is 12.2. The average molecular weight is 259 g/mol. The summed E-state index contributed by atoms with van der Waals surface area (Å²) in [6, 6.07) is 3.69. The number of nitrogens with one attached hydrogen (secondary N) is 2. The summed E-state index contributed by atoms with van der Waals surface area (Å²) in [5.41, 5.74) is 0.446. The number of pyridine rings is 1. The Bertz CT molecular complexity index is 477. The molecule has 0 saturated heterocycles. The second-order valence-corrected chi connectivity index (χ2v) is 5.87. The van der Waals surface area contributed by atoms with Crippen LogP contribution in [0.25, 0.3) is 0 Å². The Labute approximate surface area is 114 Å². The molecule has 5 nitrogen and oxygen atoms in total. The Morgan fingerprint density at radius 2 is 2.00 bits per heavy atom. The first-order valence-corrected chi connectivity index (χ1v) is 6.18. The number of hydrogen-bond donors (Lipinski definition) is 2. The molecule has 5 heteroatoms. The van der Waals surface area contributed by atoms with E-state index in [0.717, 1.165) is 5.69 Å². The summed E-state index contributed by atoms with van der Waals surface area (Å²) in [6.45, 7) is 10.4. The third-order valence-corrected chi connectivity index (χ3v) is 3.33. The first-order chi connectivity index (χ1) is 8.76. The van der Waals surface area contributed by atoms with E-state index < -0.39 is 0 Å². The van der Waals surface area contributed by atoms with Crippen LogP contribution in [0.15, 0.2) is 29.5 Å². The van der Waals surface area contributed by atoms with Crippen molar-refractivity contribution in [3.8, 4) is 6.19 Å². The highest BCUT2D eigenvalue weighted by atomic mass is 15.2. The molecule has 0 bridgehead atoms. The van der Waals surface area contributed by atoms with E-state index in [9.17, 15) is 0 Å². The molecule has 0 saturated carbocycles. The highest BCUT2D eigenvalue weighted by Gasteiger charge is 2.32. The number of hydrogen-bond acceptors (Lipinski definition) is 3. The lowest BCUT2D eigenvalue weighted by Gasteiger charge is -2.35. The minimum atomic E-state index is -0.318. The van der Waals surface area contributed by atoms with Crippen LogP contribution in [0.4, 0.5) is 5.69 Å². The molecule has 0 radical (unpaired) electrons. The van der Waals surface area contributed by atoms with Gasteiger partial charge in [-0.2, -0.15) is 5.26 Å². The topological polar surface area (TPSA) is 73.1 Å². The predicted molar refractivity (Wildman–Crippen MR) is 77.6 cm³/mol. The largest absolute Gasteiger partial charge is 0.324 e. The van der Waals surface area contributed by atoms with Gasteiger partial charge in [-0.3, -0.25) is 10.3 Å². The van der Waals surface area contributed by atoms with Crippen LogP contribution in [0.2, 0.25) is 0 Å². The van der Waals surface area contributed by atoms with Crippen LogP contribution in [0.5, 0.6) is 0 Å². The molecule has 0 aliphatic heterocycles. The fourth-order valence-electron chi connectivity index (χ4n) is 1.16. The molecule has 1 aromatic heterocycles. The summed E-state index contributed by atoms with van der Waals surface area (Å²) in [5, 5.41) is 14.5. The minimum absolute atomic E-state index is 0.0218. The maximum atomic E-state index is 8.82. The molecule has 0 aliphatic rings. The molecular formula is C14H21N5. The lowest BCUT2D eigenvalue weighted by atomic mass is 9.77. The molecule has 0 amide bonds. The van der Waals surface area contributed by atoms with Crippen LogP contribution in [-0.4, -0.2) is 16.5 Å². The van der Waals surface area contributed by atoms with Crippen molar-refractivity contribution >= 4 is 11.6 Å². The first kappa shape index (κ1) is 15.0. The van der Waals surface area contributed by atoms with E-state index in [4.69, 9.17) is 5.26 Å². The van der Waals surface area contributed by atoms with Gasteiger partial charge in [-0.25, -0.2) is 4.99 Å². The summed E-state index contributed by atoms with van der Waals surface area (Å²) in [4.78, 5) is 8.62. The summed E-state index contributed by atoms with van der Waals surface area (Å²) < 4.78 is 0. The van der Waals surface area contributed by atoms with Crippen LogP contribution >= 0.6 is 0 Å². The van der Waals surface area contributed by atoms with E-state index in [-0.39, 0.29) is 11.0 Å². The van der Waals surface area contributed by atoms with Gasteiger partial charge in [0.2, 0.25) is 5.96 Å². The number of nitriles is 1. The van der Waals surface area contributed by atoms with Gasteiger partial charge in [0.25, 0.3) is 0 Å².